The van der Waals surface area contributed by atoms with Crippen molar-refractivity contribution < 1.29 is 4.52 Å². The summed E-state index contributed by atoms with van der Waals surface area (Å²) in [6, 6.07) is 0. The lowest BCUT2D eigenvalue weighted by atomic mass is 10.3. The predicted molar refractivity (Wildman–Crippen MR) is 44.4 cm³/mol. The van der Waals surface area contributed by atoms with Gasteiger partial charge in [0.25, 0.3) is 0 Å². The average molecular weight is 179 g/mol. The molecule has 2 heterocycles. The van der Waals surface area contributed by atoms with Gasteiger partial charge in [0.05, 0.1) is 18.3 Å². The third-order valence-electron chi connectivity index (χ3n) is 1.61. The monoisotopic (exact) mass is 179 g/mol. The van der Waals surface area contributed by atoms with E-state index in [2.05, 4.69) is 15.2 Å². The predicted octanol–water partition coefficient (Wildman–Crippen LogP) is -0.0712. The molecule has 0 bridgehead atoms. The lowest BCUT2D eigenvalue weighted by Gasteiger charge is -1.83. The quantitative estimate of drug-likeness (QED) is 0.697. The van der Waals surface area contributed by atoms with Gasteiger partial charge in [0.1, 0.15) is 0 Å². The Kier molecular flexibility index (Phi) is 1.82. The molecule has 0 radical (unpaired) electrons. The van der Waals surface area contributed by atoms with Crippen molar-refractivity contribution >= 4 is 0 Å². The lowest BCUT2D eigenvalue weighted by Crippen LogP contribution is -1.95. The van der Waals surface area contributed by atoms with Gasteiger partial charge in [0.15, 0.2) is 0 Å². The minimum Gasteiger partial charge on any atom is -0.338 e. The molecule has 6 heteroatoms. The van der Waals surface area contributed by atoms with Crippen LogP contribution in [0.5, 0.6) is 0 Å². The minimum absolute atomic E-state index is 0.257. The van der Waals surface area contributed by atoms with Crippen molar-refractivity contribution in [1.82, 2.24) is 19.9 Å². The van der Waals surface area contributed by atoms with E-state index in [9.17, 15) is 0 Å². The van der Waals surface area contributed by atoms with Crippen LogP contribution in [-0.2, 0) is 13.6 Å². The first-order chi connectivity index (χ1) is 6.29. The van der Waals surface area contributed by atoms with Crippen LogP contribution >= 0.6 is 0 Å². The van der Waals surface area contributed by atoms with Crippen molar-refractivity contribution in [2.45, 2.75) is 6.54 Å². The zero-order valence-corrected chi connectivity index (χ0v) is 7.14. The van der Waals surface area contributed by atoms with Crippen molar-refractivity contribution in [3.63, 3.8) is 0 Å². The van der Waals surface area contributed by atoms with Crippen LogP contribution in [-0.4, -0.2) is 19.9 Å². The van der Waals surface area contributed by atoms with E-state index in [1.54, 1.807) is 10.9 Å². The molecule has 0 atom stereocenters. The van der Waals surface area contributed by atoms with Gasteiger partial charge in [-0.15, -0.1) is 0 Å². The van der Waals surface area contributed by atoms with Gasteiger partial charge >= 0.3 is 0 Å². The summed E-state index contributed by atoms with van der Waals surface area (Å²) in [4.78, 5) is 4.06. The Bertz CT molecular complexity index is 404. The topological polar surface area (TPSA) is 82.8 Å². The van der Waals surface area contributed by atoms with Gasteiger partial charge in [0.2, 0.25) is 11.7 Å². The smallest absolute Gasteiger partial charge is 0.240 e. The molecule has 0 saturated carbocycles. The first-order valence-electron chi connectivity index (χ1n) is 3.81. The van der Waals surface area contributed by atoms with Gasteiger partial charge in [-0.3, -0.25) is 4.68 Å². The number of nitrogens with zero attached hydrogens (tertiary/aromatic N) is 4. The zero-order valence-electron chi connectivity index (χ0n) is 7.14. The Morgan fingerprint density at radius 3 is 3.00 bits per heavy atom. The molecule has 0 fully saturated rings. The second kappa shape index (κ2) is 2.98. The van der Waals surface area contributed by atoms with Crippen LogP contribution in [0.15, 0.2) is 16.9 Å². The summed E-state index contributed by atoms with van der Waals surface area (Å²) in [5.74, 6) is 0.951. The summed E-state index contributed by atoms with van der Waals surface area (Å²) in [5.41, 5.74) is 6.15. The summed E-state index contributed by atoms with van der Waals surface area (Å²) in [6.45, 7) is 0.257. The second-order valence-electron chi connectivity index (χ2n) is 2.62. The fraction of sp³-hybridized carbons (Fsp3) is 0.286. The number of rotatable bonds is 2. The highest BCUT2D eigenvalue weighted by atomic mass is 16.5. The van der Waals surface area contributed by atoms with E-state index in [0.717, 1.165) is 5.56 Å². The van der Waals surface area contributed by atoms with Crippen LogP contribution < -0.4 is 5.73 Å². The number of hydrogen-bond donors (Lipinski definition) is 1. The molecule has 6 nitrogen and oxygen atoms in total. The molecule has 0 spiro atoms. The normalized spacial score (nSPS) is 10.6. The van der Waals surface area contributed by atoms with Crippen molar-refractivity contribution in [2.75, 3.05) is 0 Å². The molecule has 2 aromatic rings. The highest BCUT2D eigenvalue weighted by molar-refractivity contribution is 5.50. The molecule has 2 aromatic heterocycles. The third-order valence-corrected chi connectivity index (χ3v) is 1.61. The van der Waals surface area contributed by atoms with E-state index in [0.29, 0.717) is 11.7 Å². The first-order valence-corrected chi connectivity index (χ1v) is 3.81. The van der Waals surface area contributed by atoms with E-state index in [-0.39, 0.29) is 6.54 Å². The van der Waals surface area contributed by atoms with Gasteiger partial charge in [-0.25, -0.2) is 0 Å². The standard InChI is InChI=1S/C7H9N5O/c1-12-4-5(3-9-12)7-10-6(2-8)13-11-7/h3-4H,2,8H2,1H3. The molecule has 0 aliphatic heterocycles. The SMILES string of the molecule is Cn1cc(-c2noc(CN)n2)cn1. The highest BCUT2D eigenvalue weighted by Crippen LogP contribution is 2.13. The van der Waals surface area contributed by atoms with Crippen LogP contribution in [0.25, 0.3) is 11.4 Å². The number of aromatic nitrogens is 4. The first kappa shape index (κ1) is 7.93. The molecular weight excluding hydrogens is 170 g/mol. The van der Waals surface area contributed by atoms with Crippen LogP contribution in [0.2, 0.25) is 0 Å². The summed E-state index contributed by atoms with van der Waals surface area (Å²) < 4.78 is 6.53. The Hall–Kier alpha value is -1.69. The van der Waals surface area contributed by atoms with Crippen LogP contribution in [0.4, 0.5) is 0 Å². The van der Waals surface area contributed by atoms with E-state index in [1.165, 1.54) is 0 Å². The summed E-state index contributed by atoms with van der Waals surface area (Å²) in [6.07, 6.45) is 3.48. The molecule has 0 amide bonds. The van der Waals surface area contributed by atoms with Gasteiger partial charge in [-0.2, -0.15) is 10.1 Å². The lowest BCUT2D eigenvalue weighted by molar-refractivity contribution is 0.380. The Labute approximate surface area is 74.4 Å². The second-order valence-corrected chi connectivity index (χ2v) is 2.62. The molecule has 0 aliphatic rings. The molecule has 0 aromatic carbocycles. The van der Waals surface area contributed by atoms with Crippen molar-refractivity contribution in [3.05, 3.63) is 18.3 Å². The minimum atomic E-state index is 0.257. The molecular formula is C7H9N5O. The summed E-state index contributed by atoms with van der Waals surface area (Å²) >= 11 is 0. The maximum Gasteiger partial charge on any atom is 0.240 e. The highest BCUT2D eigenvalue weighted by Gasteiger charge is 2.08. The van der Waals surface area contributed by atoms with Crippen molar-refractivity contribution in [2.24, 2.45) is 12.8 Å². The fourth-order valence-corrected chi connectivity index (χ4v) is 0.992. The number of aryl methyl sites for hydroxylation is 1. The van der Waals surface area contributed by atoms with E-state index in [1.807, 2.05) is 13.2 Å². The molecule has 2 rings (SSSR count). The zero-order chi connectivity index (χ0) is 9.26. The van der Waals surface area contributed by atoms with Crippen molar-refractivity contribution in [1.29, 1.82) is 0 Å². The Morgan fingerprint density at radius 2 is 2.46 bits per heavy atom. The summed E-state index contributed by atoms with van der Waals surface area (Å²) in [5, 5.41) is 7.74. The largest absolute Gasteiger partial charge is 0.338 e. The Balaban J connectivity index is 2.35. The van der Waals surface area contributed by atoms with Crippen LogP contribution in [0.3, 0.4) is 0 Å². The fourth-order valence-electron chi connectivity index (χ4n) is 0.992. The van der Waals surface area contributed by atoms with Gasteiger partial charge < -0.3 is 10.3 Å². The molecule has 0 saturated heterocycles. The van der Waals surface area contributed by atoms with Gasteiger partial charge in [0, 0.05) is 13.2 Å². The van der Waals surface area contributed by atoms with E-state index >= 15 is 0 Å². The van der Waals surface area contributed by atoms with Gasteiger partial charge in [-0.1, -0.05) is 5.16 Å². The summed E-state index contributed by atoms with van der Waals surface area (Å²) in [7, 11) is 1.83. The molecule has 0 aliphatic carbocycles. The number of hydrogen-bond acceptors (Lipinski definition) is 5. The molecule has 2 N–H and O–H groups in total. The molecule has 68 valence electrons. The van der Waals surface area contributed by atoms with Crippen LogP contribution in [0.1, 0.15) is 5.89 Å². The molecule has 13 heavy (non-hydrogen) atoms. The third kappa shape index (κ3) is 1.43. The van der Waals surface area contributed by atoms with Crippen molar-refractivity contribution in [3.8, 4) is 11.4 Å². The maximum absolute atomic E-state index is 5.33. The van der Waals surface area contributed by atoms with E-state index < -0.39 is 0 Å². The Morgan fingerprint density at radius 1 is 1.62 bits per heavy atom. The molecule has 0 unspecified atom stereocenters. The maximum atomic E-state index is 5.33. The van der Waals surface area contributed by atoms with Gasteiger partial charge in [-0.05, 0) is 0 Å². The number of nitrogens with two attached hydrogens (primary N) is 1. The van der Waals surface area contributed by atoms with E-state index in [4.69, 9.17) is 10.3 Å². The van der Waals surface area contributed by atoms with Crippen LogP contribution in [0, 0.1) is 0 Å². The average Bonchev–Trinajstić information content (AvgIpc) is 2.71.